The maximum atomic E-state index is 5.76. The minimum absolute atomic E-state index is 0.489. The van der Waals surface area contributed by atoms with Crippen molar-refractivity contribution in [2.45, 2.75) is 6.61 Å². The lowest BCUT2D eigenvalue weighted by atomic mass is 10.1. The molecule has 0 fully saturated rings. The summed E-state index contributed by atoms with van der Waals surface area (Å²) in [4.78, 5) is 4.03. The molecule has 1 aromatic heterocycles. The van der Waals surface area contributed by atoms with Gasteiger partial charge in [0.05, 0.1) is 0 Å². The topological polar surface area (TPSA) is 22.1 Å². The minimum atomic E-state index is 0.489. The quantitative estimate of drug-likeness (QED) is 0.655. The van der Waals surface area contributed by atoms with Crippen LogP contribution in [0.2, 0.25) is 5.15 Å². The number of hydrogen-bond acceptors (Lipinski definition) is 2. The van der Waals surface area contributed by atoms with Crippen LogP contribution in [0.15, 0.2) is 60.8 Å². The van der Waals surface area contributed by atoms with Gasteiger partial charge in [0.15, 0.2) is 0 Å². The number of ether oxygens (including phenoxy) is 1. The molecule has 2 nitrogen and oxygen atoms in total. The van der Waals surface area contributed by atoms with Crippen molar-refractivity contribution in [3.63, 3.8) is 0 Å². The van der Waals surface area contributed by atoms with Gasteiger partial charge >= 0.3 is 0 Å². The van der Waals surface area contributed by atoms with Crippen molar-refractivity contribution in [1.82, 2.24) is 4.98 Å². The first-order valence-electron chi connectivity index (χ1n) is 6.03. The summed E-state index contributed by atoms with van der Waals surface area (Å²) in [6.07, 6.45) is 1.73. The standard InChI is InChI=1S/C16H12ClNO/c17-16-8-5-12(10-18-16)11-19-15-7-6-13-3-1-2-4-14(13)9-15/h1-10H,11H2. The van der Waals surface area contributed by atoms with Crippen molar-refractivity contribution in [2.24, 2.45) is 0 Å². The smallest absolute Gasteiger partial charge is 0.129 e. The largest absolute Gasteiger partial charge is 0.489 e. The Morgan fingerprint density at radius 3 is 2.58 bits per heavy atom. The Balaban J connectivity index is 1.76. The van der Waals surface area contributed by atoms with Crippen LogP contribution in [0, 0.1) is 0 Å². The molecule has 0 saturated heterocycles. The van der Waals surface area contributed by atoms with Crippen LogP contribution in [0.25, 0.3) is 10.8 Å². The van der Waals surface area contributed by atoms with E-state index in [9.17, 15) is 0 Å². The molecule has 3 heteroatoms. The van der Waals surface area contributed by atoms with Gasteiger partial charge in [-0.3, -0.25) is 0 Å². The monoisotopic (exact) mass is 269 g/mol. The van der Waals surface area contributed by atoms with Crippen LogP contribution in [-0.4, -0.2) is 4.98 Å². The molecule has 3 rings (SSSR count). The zero-order chi connectivity index (χ0) is 13.1. The number of nitrogens with zero attached hydrogens (tertiary/aromatic N) is 1. The number of aromatic nitrogens is 1. The van der Waals surface area contributed by atoms with E-state index in [0.29, 0.717) is 11.8 Å². The number of hydrogen-bond donors (Lipinski definition) is 0. The van der Waals surface area contributed by atoms with Crippen molar-refractivity contribution in [3.8, 4) is 5.75 Å². The van der Waals surface area contributed by atoms with Crippen LogP contribution in [0.1, 0.15) is 5.56 Å². The Labute approximate surface area is 116 Å². The molecule has 94 valence electrons. The van der Waals surface area contributed by atoms with Crippen LogP contribution >= 0.6 is 11.6 Å². The highest BCUT2D eigenvalue weighted by molar-refractivity contribution is 6.29. The van der Waals surface area contributed by atoms with E-state index in [1.54, 1.807) is 12.3 Å². The number of fused-ring (bicyclic) bond motifs is 1. The molecular weight excluding hydrogens is 258 g/mol. The third-order valence-electron chi connectivity index (χ3n) is 2.92. The van der Waals surface area contributed by atoms with Crippen molar-refractivity contribution in [3.05, 3.63) is 71.5 Å². The van der Waals surface area contributed by atoms with Crippen molar-refractivity contribution in [1.29, 1.82) is 0 Å². The van der Waals surface area contributed by atoms with E-state index in [-0.39, 0.29) is 0 Å². The molecule has 0 saturated carbocycles. The second-order valence-electron chi connectivity index (χ2n) is 4.29. The highest BCUT2D eigenvalue weighted by Gasteiger charge is 1.99. The van der Waals surface area contributed by atoms with E-state index in [0.717, 1.165) is 11.3 Å². The molecule has 0 aliphatic heterocycles. The van der Waals surface area contributed by atoms with E-state index in [1.807, 2.05) is 30.3 Å². The van der Waals surface area contributed by atoms with Crippen LogP contribution in [0.3, 0.4) is 0 Å². The second-order valence-corrected chi connectivity index (χ2v) is 4.67. The molecule has 0 aliphatic carbocycles. The zero-order valence-corrected chi connectivity index (χ0v) is 11.0. The predicted molar refractivity (Wildman–Crippen MR) is 77.5 cm³/mol. The van der Waals surface area contributed by atoms with Gasteiger partial charge in [-0.2, -0.15) is 0 Å². The maximum Gasteiger partial charge on any atom is 0.129 e. The van der Waals surface area contributed by atoms with Gasteiger partial charge in [0, 0.05) is 11.8 Å². The fraction of sp³-hybridized carbons (Fsp3) is 0.0625. The van der Waals surface area contributed by atoms with E-state index < -0.39 is 0 Å². The summed E-state index contributed by atoms with van der Waals surface area (Å²) in [5.74, 6) is 0.855. The summed E-state index contributed by atoms with van der Waals surface area (Å²) < 4.78 is 5.76. The number of pyridine rings is 1. The lowest BCUT2D eigenvalue weighted by molar-refractivity contribution is 0.306. The SMILES string of the molecule is Clc1ccc(COc2ccc3ccccc3c2)cn1. The lowest BCUT2D eigenvalue weighted by Crippen LogP contribution is -1.95. The molecule has 2 aromatic carbocycles. The van der Waals surface area contributed by atoms with Gasteiger partial charge in [-0.25, -0.2) is 4.98 Å². The first-order valence-corrected chi connectivity index (χ1v) is 6.41. The summed E-state index contributed by atoms with van der Waals surface area (Å²) >= 11 is 5.74. The average Bonchev–Trinajstić information content (AvgIpc) is 2.46. The van der Waals surface area contributed by atoms with Crippen LogP contribution in [0.5, 0.6) is 5.75 Å². The third-order valence-corrected chi connectivity index (χ3v) is 3.14. The van der Waals surface area contributed by atoms with Crippen LogP contribution < -0.4 is 4.74 Å². The Morgan fingerprint density at radius 1 is 0.947 bits per heavy atom. The second kappa shape index (κ2) is 5.29. The summed E-state index contributed by atoms with van der Waals surface area (Å²) in [5.41, 5.74) is 0.998. The molecule has 0 spiro atoms. The molecule has 0 bridgehead atoms. The van der Waals surface area contributed by atoms with Gasteiger partial charge in [0.1, 0.15) is 17.5 Å². The highest BCUT2D eigenvalue weighted by atomic mass is 35.5. The van der Waals surface area contributed by atoms with Gasteiger partial charge in [0.2, 0.25) is 0 Å². The van der Waals surface area contributed by atoms with E-state index in [4.69, 9.17) is 16.3 Å². The zero-order valence-electron chi connectivity index (χ0n) is 10.2. The first-order chi connectivity index (χ1) is 9.31. The summed E-state index contributed by atoms with van der Waals surface area (Å²) in [6.45, 7) is 0.489. The first kappa shape index (κ1) is 12.0. The normalized spacial score (nSPS) is 10.6. The van der Waals surface area contributed by atoms with Gasteiger partial charge in [-0.05, 0) is 29.0 Å². The minimum Gasteiger partial charge on any atom is -0.489 e. The number of halogens is 1. The summed E-state index contributed by atoms with van der Waals surface area (Å²) in [7, 11) is 0. The summed E-state index contributed by atoms with van der Waals surface area (Å²) in [6, 6.07) is 18.0. The van der Waals surface area contributed by atoms with Gasteiger partial charge in [-0.1, -0.05) is 48.0 Å². The molecule has 1 heterocycles. The Bertz CT molecular complexity index is 694. The fourth-order valence-corrected chi connectivity index (χ4v) is 2.03. The van der Waals surface area contributed by atoms with Crippen LogP contribution in [0.4, 0.5) is 0 Å². The van der Waals surface area contributed by atoms with E-state index in [2.05, 4.69) is 23.2 Å². The Morgan fingerprint density at radius 2 is 1.79 bits per heavy atom. The highest BCUT2D eigenvalue weighted by Crippen LogP contribution is 2.21. The number of rotatable bonds is 3. The van der Waals surface area contributed by atoms with E-state index >= 15 is 0 Å². The average molecular weight is 270 g/mol. The predicted octanol–water partition coefficient (Wildman–Crippen LogP) is 4.47. The Kier molecular flexibility index (Phi) is 3.34. The van der Waals surface area contributed by atoms with Crippen molar-refractivity contribution in [2.75, 3.05) is 0 Å². The molecule has 19 heavy (non-hydrogen) atoms. The molecule has 0 atom stereocenters. The molecule has 0 aliphatic rings. The van der Waals surface area contributed by atoms with Crippen molar-refractivity contribution < 1.29 is 4.74 Å². The van der Waals surface area contributed by atoms with Gasteiger partial charge < -0.3 is 4.74 Å². The number of benzene rings is 2. The van der Waals surface area contributed by atoms with Crippen molar-refractivity contribution >= 4 is 22.4 Å². The molecule has 0 amide bonds. The molecule has 3 aromatic rings. The maximum absolute atomic E-state index is 5.76. The molecule has 0 unspecified atom stereocenters. The molecular formula is C16H12ClNO. The molecule has 0 N–H and O–H groups in total. The molecule has 0 radical (unpaired) electrons. The fourth-order valence-electron chi connectivity index (χ4n) is 1.92. The lowest BCUT2D eigenvalue weighted by Gasteiger charge is -2.07. The summed E-state index contributed by atoms with van der Waals surface area (Å²) in [5, 5.41) is 2.88. The third kappa shape index (κ3) is 2.85. The van der Waals surface area contributed by atoms with E-state index in [1.165, 1.54) is 10.8 Å². The van der Waals surface area contributed by atoms with Gasteiger partial charge in [0.25, 0.3) is 0 Å². The van der Waals surface area contributed by atoms with Crippen LogP contribution in [-0.2, 0) is 6.61 Å². The van der Waals surface area contributed by atoms with Gasteiger partial charge in [-0.15, -0.1) is 0 Å². The Hall–Kier alpha value is -2.06.